The average molecular weight is 1100 g/mol. The van der Waals surface area contributed by atoms with E-state index in [2.05, 4.69) is 47.1 Å². The zero-order valence-electron chi connectivity index (χ0n) is 46.7. The number of nitrogens with zero attached hydrogens (tertiary/aromatic N) is 7. The Morgan fingerprint density at radius 1 is 0.975 bits per heavy atom. The molecule has 19 heteroatoms. The molecule has 3 unspecified atom stereocenters. The van der Waals surface area contributed by atoms with Gasteiger partial charge in [-0.1, -0.05) is 70.4 Å². The van der Waals surface area contributed by atoms with E-state index in [1.165, 1.54) is 12.1 Å². The van der Waals surface area contributed by atoms with Crippen molar-refractivity contribution in [3.05, 3.63) is 112 Å². The Kier molecular flexibility index (Phi) is 17.8. The minimum absolute atomic E-state index is 0.166. The molecule has 7 heterocycles. The van der Waals surface area contributed by atoms with Gasteiger partial charge in [0, 0.05) is 63.6 Å². The van der Waals surface area contributed by atoms with Crippen LogP contribution in [0.1, 0.15) is 131 Å². The molecule has 79 heavy (non-hydrogen) atoms. The van der Waals surface area contributed by atoms with E-state index in [1.54, 1.807) is 28.6 Å². The number of thiazole rings is 1. The molecule has 3 aliphatic heterocycles. The first-order valence-corrected chi connectivity index (χ1v) is 28.7. The van der Waals surface area contributed by atoms with Gasteiger partial charge in [-0.2, -0.15) is 0 Å². The van der Waals surface area contributed by atoms with Crippen molar-refractivity contribution < 1.29 is 33.4 Å². The number of benzene rings is 2. The average Bonchev–Trinajstić information content (AvgIpc) is 4.41. The molecule has 17 nitrogen and oxygen atoms in total. The van der Waals surface area contributed by atoms with E-state index < -0.39 is 23.1 Å². The van der Waals surface area contributed by atoms with Gasteiger partial charge in [-0.15, -0.1) is 11.3 Å². The molecule has 3 atom stereocenters. The van der Waals surface area contributed by atoms with Gasteiger partial charge < -0.3 is 45.8 Å². The number of piperidine rings is 1. The van der Waals surface area contributed by atoms with Gasteiger partial charge in [0.1, 0.15) is 29.4 Å². The molecule has 420 valence electrons. The van der Waals surface area contributed by atoms with Gasteiger partial charge in [-0.25, -0.2) is 19.3 Å². The minimum Gasteiger partial charge on any atom is -0.387 e. The fourth-order valence-electron chi connectivity index (χ4n) is 11.1. The van der Waals surface area contributed by atoms with Gasteiger partial charge in [-0.3, -0.25) is 23.6 Å². The predicted octanol–water partition coefficient (Wildman–Crippen LogP) is 9.10. The Labute approximate surface area is 466 Å². The maximum Gasteiger partial charge on any atom is 0.254 e. The second kappa shape index (κ2) is 24.7. The number of anilines is 3. The van der Waals surface area contributed by atoms with Crippen molar-refractivity contribution in [2.75, 3.05) is 57.2 Å². The number of rotatable bonds is 22. The van der Waals surface area contributed by atoms with Crippen LogP contribution in [-0.4, -0.2) is 123 Å². The summed E-state index contributed by atoms with van der Waals surface area (Å²) in [7, 11) is 4.00. The highest BCUT2D eigenvalue weighted by molar-refractivity contribution is 7.13. The summed E-state index contributed by atoms with van der Waals surface area (Å²) >= 11 is 1.60. The van der Waals surface area contributed by atoms with Crippen molar-refractivity contribution in [2.24, 2.45) is 5.41 Å². The summed E-state index contributed by atoms with van der Waals surface area (Å²) in [5, 5.41) is 24.1. The molecule has 3 aliphatic rings. The number of amides is 4. The van der Waals surface area contributed by atoms with E-state index in [0.717, 1.165) is 75.6 Å². The standard InChI is InChI=1S/C60H76FN11O6S/c1-38(40-16-18-41(19-17-40)54-39(2)64-37-79-54)65-56(74)48-14-13-27-72(48)58(76)55(59(3,4)5)68-52(73)15-11-9-8-10-12-31-78-36-60(77)25-29-70(30-26-60)47-22-23-50(67-46(47)35-69(6)7)66-45-21-20-43(44-33-63-57(75)53(44)45)49-34-62-51-32-42(61)24-28-71(49)51/h16-24,28,32,34,37-38,48,55,77H,8-15,25-27,29-31,33,35-36H2,1-7H3,(H,63,75)(H,65,74)(H,66,67)(H,68,73). The first kappa shape index (κ1) is 56.9. The number of aliphatic hydroxyl groups is 1. The highest BCUT2D eigenvalue weighted by atomic mass is 32.1. The molecule has 4 amide bonds. The molecule has 6 aromatic rings. The number of ether oxygens (including phenoxy) is 1. The molecule has 5 N–H and O–H groups in total. The molecule has 0 saturated carbocycles. The lowest BCUT2D eigenvalue weighted by Crippen LogP contribution is -2.57. The van der Waals surface area contributed by atoms with E-state index in [-0.39, 0.29) is 42.1 Å². The largest absolute Gasteiger partial charge is 0.387 e. The number of nitrogens with one attached hydrogen (secondary N) is 4. The van der Waals surface area contributed by atoms with Crippen LogP contribution in [0.2, 0.25) is 0 Å². The summed E-state index contributed by atoms with van der Waals surface area (Å²) in [5.41, 5.74) is 9.35. The van der Waals surface area contributed by atoms with Crippen molar-refractivity contribution in [1.82, 2.24) is 45.1 Å². The molecular weight excluding hydrogens is 1020 g/mol. The normalized spacial score (nSPS) is 17.0. The quantitative estimate of drug-likeness (QED) is 0.0405. The number of pyridine rings is 2. The highest BCUT2D eigenvalue weighted by Crippen LogP contribution is 2.37. The van der Waals surface area contributed by atoms with Crippen LogP contribution >= 0.6 is 11.3 Å². The first-order valence-electron chi connectivity index (χ1n) is 27.8. The molecule has 4 aromatic heterocycles. The van der Waals surface area contributed by atoms with E-state index in [1.807, 2.05) is 101 Å². The molecule has 2 fully saturated rings. The van der Waals surface area contributed by atoms with Gasteiger partial charge in [0.05, 0.1) is 68.9 Å². The van der Waals surface area contributed by atoms with Crippen LogP contribution in [0.3, 0.4) is 0 Å². The maximum atomic E-state index is 14.1. The number of hydrogen-bond donors (Lipinski definition) is 5. The van der Waals surface area contributed by atoms with Crippen LogP contribution in [0.4, 0.5) is 21.6 Å². The maximum absolute atomic E-state index is 14.1. The lowest BCUT2D eigenvalue weighted by molar-refractivity contribution is -0.144. The van der Waals surface area contributed by atoms with Crippen molar-refractivity contribution in [2.45, 2.75) is 136 Å². The lowest BCUT2D eigenvalue weighted by Gasteiger charge is -2.39. The minimum atomic E-state index is -0.935. The zero-order chi connectivity index (χ0) is 56.0. The Bertz CT molecular complexity index is 3150. The van der Waals surface area contributed by atoms with Crippen LogP contribution in [0.5, 0.6) is 0 Å². The number of halogens is 1. The smallest absolute Gasteiger partial charge is 0.254 e. The van der Waals surface area contributed by atoms with Gasteiger partial charge >= 0.3 is 0 Å². The molecule has 0 bridgehead atoms. The second-order valence-corrected chi connectivity index (χ2v) is 23.8. The predicted molar refractivity (Wildman–Crippen MR) is 307 cm³/mol. The fraction of sp³-hybridized carbons (Fsp3) is 0.483. The van der Waals surface area contributed by atoms with Crippen LogP contribution in [0, 0.1) is 18.2 Å². The third kappa shape index (κ3) is 13.5. The summed E-state index contributed by atoms with van der Waals surface area (Å²) < 4.78 is 21.8. The Morgan fingerprint density at radius 3 is 2.47 bits per heavy atom. The molecule has 0 spiro atoms. The van der Waals surface area contributed by atoms with Crippen LogP contribution in [0.15, 0.2) is 78.6 Å². The topological polar surface area (TPSA) is 199 Å². The van der Waals surface area contributed by atoms with E-state index in [0.29, 0.717) is 101 Å². The number of hydrogen-bond acceptors (Lipinski definition) is 13. The fourth-order valence-corrected chi connectivity index (χ4v) is 11.9. The molecular formula is C60H76FN11O6S. The second-order valence-electron chi connectivity index (χ2n) is 22.9. The number of carbonyl (C=O) groups is 4. The summed E-state index contributed by atoms with van der Waals surface area (Å²) in [5.74, 6) is -0.520. The Morgan fingerprint density at radius 2 is 1.73 bits per heavy atom. The van der Waals surface area contributed by atoms with Gasteiger partial charge in [0.25, 0.3) is 5.91 Å². The number of carbonyl (C=O) groups excluding carboxylic acids is 4. The van der Waals surface area contributed by atoms with Crippen LogP contribution < -0.4 is 26.2 Å². The lowest BCUT2D eigenvalue weighted by atomic mass is 9.85. The molecule has 0 radical (unpaired) electrons. The summed E-state index contributed by atoms with van der Waals surface area (Å²) in [6.07, 6.45) is 10.3. The molecule has 0 aliphatic carbocycles. The molecule has 2 saturated heterocycles. The van der Waals surface area contributed by atoms with E-state index in [9.17, 15) is 28.7 Å². The Hall–Kier alpha value is -6.80. The first-order chi connectivity index (χ1) is 37.9. The van der Waals surface area contributed by atoms with E-state index >= 15 is 0 Å². The third-order valence-corrected chi connectivity index (χ3v) is 16.5. The van der Waals surface area contributed by atoms with Crippen molar-refractivity contribution in [3.63, 3.8) is 0 Å². The summed E-state index contributed by atoms with van der Waals surface area (Å²) in [6, 6.07) is 17.1. The van der Waals surface area contributed by atoms with Gasteiger partial charge in [0.2, 0.25) is 17.7 Å². The van der Waals surface area contributed by atoms with E-state index in [4.69, 9.17) is 9.72 Å². The number of aromatic nitrogens is 4. The number of likely N-dealkylation sites (tertiary alicyclic amines) is 1. The van der Waals surface area contributed by atoms with Gasteiger partial charge in [-0.05, 0) is 113 Å². The summed E-state index contributed by atoms with van der Waals surface area (Å²) in [4.78, 5) is 75.3. The zero-order valence-corrected chi connectivity index (χ0v) is 47.5. The number of aryl methyl sites for hydroxylation is 1. The molecule has 9 rings (SSSR count). The SMILES string of the molecule is Cc1ncsc1-c1ccc(C(C)NC(=O)C2CCCN2C(=O)C(NC(=O)CCCCCCCOCC2(O)CCN(c3ccc(Nc4ccc(-c5cnc6cc(F)ccn56)c5c4C(=O)NC5)nc3CN(C)C)CC2)C(C)(C)C)cc1. The number of imidazole rings is 1. The van der Waals surface area contributed by atoms with Crippen LogP contribution in [-0.2, 0) is 32.2 Å². The monoisotopic (exact) mass is 1100 g/mol. The molecule has 2 aromatic carbocycles. The third-order valence-electron chi connectivity index (χ3n) is 15.5. The van der Waals surface area contributed by atoms with Crippen LogP contribution in [0.25, 0.3) is 27.3 Å². The Balaban J connectivity index is 0.686. The van der Waals surface area contributed by atoms with Crippen molar-refractivity contribution in [3.8, 4) is 21.7 Å². The van der Waals surface area contributed by atoms with Crippen molar-refractivity contribution >= 4 is 57.8 Å². The number of fused-ring (bicyclic) bond motifs is 2. The number of unbranched alkanes of at least 4 members (excludes halogenated alkanes) is 4. The van der Waals surface area contributed by atoms with Crippen molar-refractivity contribution in [1.29, 1.82) is 0 Å². The highest BCUT2D eigenvalue weighted by Gasteiger charge is 2.42. The van der Waals surface area contributed by atoms with Gasteiger partial charge in [0.15, 0.2) is 0 Å². The summed E-state index contributed by atoms with van der Waals surface area (Å²) in [6.45, 7) is 13.3.